The Morgan fingerprint density at radius 3 is 2.67 bits per heavy atom. The maximum Gasteiger partial charge on any atom is 0.410 e. The van der Waals surface area contributed by atoms with Crippen molar-refractivity contribution in [3.05, 3.63) is 57.1 Å². The van der Waals surface area contributed by atoms with Gasteiger partial charge in [-0.2, -0.15) is 10.1 Å². The lowest BCUT2D eigenvalue weighted by Crippen LogP contribution is -2.41. The average Bonchev–Trinajstić information content (AvgIpc) is 3.41. The van der Waals surface area contributed by atoms with E-state index < -0.39 is 5.60 Å². The van der Waals surface area contributed by atoms with Crippen LogP contribution in [-0.2, 0) is 4.74 Å². The zero-order valence-corrected chi connectivity index (χ0v) is 21.3. The molecule has 0 unspecified atom stereocenters. The average molecular weight is 511 g/mol. The van der Waals surface area contributed by atoms with Gasteiger partial charge in [-0.15, -0.1) is 0 Å². The summed E-state index contributed by atoms with van der Waals surface area (Å²) in [6.07, 6.45) is 1.05. The molecule has 1 fully saturated rings. The van der Waals surface area contributed by atoms with E-state index in [4.69, 9.17) is 26.0 Å². The van der Waals surface area contributed by atoms with Gasteiger partial charge in [0.15, 0.2) is 0 Å². The van der Waals surface area contributed by atoms with Gasteiger partial charge >= 0.3 is 6.09 Å². The minimum absolute atomic E-state index is 0.0466. The molecule has 1 aliphatic rings. The normalized spacial score (nSPS) is 15.0. The van der Waals surface area contributed by atoms with E-state index in [0.29, 0.717) is 53.7 Å². The molecule has 0 saturated carbocycles. The van der Waals surface area contributed by atoms with Crippen LogP contribution in [0.3, 0.4) is 0 Å². The summed E-state index contributed by atoms with van der Waals surface area (Å²) in [5, 5.41) is 9.36. The topological polar surface area (TPSA) is 119 Å². The minimum Gasteiger partial charge on any atom is -0.444 e. The fourth-order valence-electron chi connectivity index (χ4n) is 4.48. The first kappa shape index (κ1) is 24.1. The third kappa shape index (κ3) is 4.73. The zero-order valence-electron chi connectivity index (χ0n) is 20.5. The quantitative estimate of drug-likeness (QED) is 0.419. The number of aromatic nitrogens is 5. The zero-order chi connectivity index (χ0) is 25.6. The van der Waals surface area contributed by atoms with Crippen LogP contribution < -0.4 is 5.56 Å². The molecule has 36 heavy (non-hydrogen) atoms. The van der Waals surface area contributed by atoms with Crippen molar-refractivity contribution in [1.29, 1.82) is 0 Å². The van der Waals surface area contributed by atoms with Crippen LogP contribution in [0.4, 0.5) is 4.79 Å². The number of ether oxygens (including phenoxy) is 1. The number of aromatic amines is 1. The van der Waals surface area contributed by atoms with E-state index in [-0.39, 0.29) is 23.5 Å². The maximum atomic E-state index is 12.7. The van der Waals surface area contributed by atoms with E-state index in [9.17, 15) is 9.59 Å². The van der Waals surface area contributed by atoms with Crippen LogP contribution in [0.1, 0.15) is 50.9 Å². The maximum absolute atomic E-state index is 12.7. The number of aryl methyl sites for hydroxylation is 1. The van der Waals surface area contributed by atoms with Crippen molar-refractivity contribution >= 4 is 23.3 Å². The molecular formula is C25H27ClN6O4. The Morgan fingerprint density at radius 2 is 1.97 bits per heavy atom. The number of likely N-dealkylation sites (tertiary alicyclic amines) is 1. The van der Waals surface area contributed by atoms with Crippen LogP contribution in [-0.4, -0.2) is 54.4 Å². The Bertz CT molecular complexity index is 1490. The number of carbonyl (C=O) groups excluding carboxylic acids is 1. The van der Waals surface area contributed by atoms with Gasteiger partial charge in [0, 0.05) is 35.7 Å². The van der Waals surface area contributed by atoms with Gasteiger partial charge in [-0.25, -0.2) is 9.31 Å². The van der Waals surface area contributed by atoms with Crippen molar-refractivity contribution in [1.82, 2.24) is 29.6 Å². The Hall–Kier alpha value is -3.66. The largest absolute Gasteiger partial charge is 0.444 e. The van der Waals surface area contributed by atoms with Crippen LogP contribution >= 0.6 is 11.6 Å². The highest BCUT2D eigenvalue weighted by Gasteiger charge is 2.30. The fourth-order valence-corrected chi connectivity index (χ4v) is 4.67. The van der Waals surface area contributed by atoms with Crippen LogP contribution in [0.5, 0.6) is 0 Å². The van der Waals surface area contributed by atoms with Gasteiger partial charge in [-0.05, 0) is 52.7 Å². The van der Waals surface area contributed by atoms with E-state index in [2.05, 4.69) is 15.1 Å². The standard InChI is InChI=1S/C25H27ClN6O4/c1-14-20(23-28-21(30-36-23)16-6-5-7-17(26)12-16)22-27-19(33)13-18(32(22)29-14)15-8-10-31(11-9-15)24(34)35-25(2,3)4/h5-7,12-13,15H,8-11H2,1-4H3,(H,27,33). The SMILES string of the molecule is Cc1nn2c(C3CCN(C(=O)OC(C)(C)C)CC3)cc(=O)[nH]c2c1-c1nc(-c2cccc(Cl)c2)no1. The molecule has 0 spiro atoms. The number of hydrogen-bond donors (Lipinski definition) is 1. The first-order valence-corrected chi connectivity index (χ1v) is 12.2. The molecule has 3 aromatic heterocycles. The molecular weight excluding hydrogens is 484 g/mol. The van der Waals surface area contributed by atoms with Gasteiger partial charge in [0.25, 0.3) is 11.4 Å². The number of H-pyrrole nitrogens is 1. The number of fused-ring (bicyclic) bond motifs is 1. The minimum atomic E-state index is -0.544. The van der Waals surface area contributed by atoms with E-state index in [0.717, 1.165) is 11.3 Å². The highest BCUT2D eigenvalue weighted by Crippen LogP contribution is 2.32. The van der Waals surface area contributed by atoms with Crippen molar-refractivity contribution in [2.24, 2.45) is 0 Å². The summed E-state index contributed by atoms with van der Waals surface area (Å²) in [6.45, 7) is 8.46. The molecule has 10 nitrogen and oxygen atoms in total. The molecule has 11 heteroatoms. The number of rotatable bonds is 3. The molecule has 188 valence electrons. The van der Waals surface area contributed by atoms with E-state index in [1.807, 2.05) is 39.8 Å². The van der Waals surface area contributed by atoms with E-state index in [1.165, 1.54) is 0 Å². The van der Waals surface area contributed by atoms with E-state index in [1.54, 1.807) is 27.6 Å². The first-order valence-electron chi connectivity index (χ1n) is 11.8. The van der Waals surface area contributed by atoms with Crippen LogP contribution in [0.2, 0.25) is 5.02 Å². The molecule has 1 amide bonds. The fraction of sp³-hybridized carbons (Fsp3) is 0.400. The van der Waals surface area contributed by atoms with E-state index >= 15 is 0 Å². The molecule has 0 radical (unpaired) electrons. The molecule has 4 aromatic rings. The predicted octanol–water partition coefficient (Wildman–Crippen LogP) is 4.82. The lowest BCUT2D eigenvalue weighted by atomic mass is 9.93. The molecule has 1 aliphatic heterocycles. The smallest absolute Gasteiger partial charge is 0.410 e. The van der Waals surface area contributed by atoms with Crippen molar-refractivity contribution in [3.63, 3.8) is 0 Å². The lowest BCUT2D eigenvalue weighted by Gasteiger charge is -2.33. The van der Waals surface area contributed by atoms with Gasteiger partial charge < -0.3 is 19.1 Å². The van der Waals surface area contributed by atoms with Crippen molar-refractivity contribution in [2.75, 3.05) is 13.1 Å². The molecule has 0 aliphatic carbocycles. The number of amides is 1. The highest BCUT2D eigenvalue weighted by atomic mass is 35.5. The Balaban J connectivity index is 1.45. The number of nitrogens with one attached hydrogen (secondary N) is 1. The molecule has 0 atom stereocenters. The number of piperidine rings is 1. The van der Waals surface area contributed by atoms with Crippen molar-refractivity contribution in [2.45, 2.75) is 52.1 Å². The molecule has 0 bridgehead atoms. The van der Waals surface area contributed by atoms with Gasteiger partial charge in [-0.3, -0.25) is 4.79 Å². The third-order valence-corrected chi connectivity index (χ3v) is 6.35. The van der Waals surface area contributed by atoms with Crippen molar-refractivity contribution < 1.29 is 14.1 Å². The monoisotopic (exact) mass is 510 g/mol. The van der Waals surface area contributed by atoms with Gasteiger partial charge in [0.05, 0.1) is 11.4 Å². The number of nitrogens with zero attached hydrogens (tertiary/aromatic N) is 5. The van der Waals surface area contributed by atoms with Gasteiger partial charge in [0.2, 0.25) is 5.82 Å². The molecule has 1 aromatic carbocycles. The molecule has 5 rings (SSSR count). The van der Waals surface area contributed by atoms with Gasteiger partial charge in [-0.1, -0.05) is 28.9 Å². The predicted molar refractivity (Wildman–Crippen MR) is 134 cm³/mol. The van der Waals surface area contributed by atoms with Crippen LogP contribution in [0, 0.1) is 6.92 Å². The number of carbonyl (C=O) groups is 1. The summed E-state index contributed by atoms with van der Waals surface area (Å²) < 4.78 is 12.8. The summed E-state index contributed by atoms with van der Waals surface area (Å²) >= 11 is 6.10. The number of halogens is 1. The van der Waals surface area contributed by atoms with Crippen LogP contribution in [0.15, 0.2) is 39.6 Å². The summed E-state index contributed by atoms with van der Waals surface area (Å²) in [5.74, 6) is 0.689. The highest BCUT2D eigenvalue weighted by molar-refractivity contribution is 6.30. The summed E-state index contributed by atoms with van der Waals surface area (Å²) in [5.41, 5.74) is 2.41. The Kier molecular flexibility index (Phi) is 6.07. The summed E-state index contributed by atoms with van der Waals surface area (Å²) in [4.78, 5) is 34.2. The molecule has 1 N–H and O–H groups in total. The lowest BCUT2D eigenvalue weighted by molar-refractivity contribution is 0.0203. The molecule has 4 heterocycles. The van der Waals surface area contributed by atoms with Crippen LogP contribution in [0.25, 0.3) is 28.5 Å². The van der Waals surface area contributed by atoms with Crippen molar-refractivity contribution in [3.8, 4) is 22.8 Å². The second kappa shape index (κ2) is 9.09. The number of benzene rings is 1. The Morgan fingerprint density at radius 1 is 1.22 bits per heavy atom. The Labute approximate surface area is 212 Å². The van der Waals surface area contributed by atoms with Gasteiger partial charge in [0.1, 0.15) is 16.8 Å². The second-order valence-corrected chi connectivity index (χ2v) is 10.4. The summed E-state index contributed by atoms with van der Waals surface area (Å²) in [7, 11) is 0. The first-order chi connectivity index (χ1) is 17.1. The second-order valence-electron chi connectivity index (χ2n) is 9.95. The summed E-state index contributed by atoms with van der Waals surface area (Å²) in [6, 6.07) is 8.75. The third-order valence-electron chi connectivity index (χ3n) is 6.11. The number of hydrogen-bond acceptors (Lipinski definition) is 7. The molecule has 1 saturated heterocycles.